The predicted molar refractivity (Wildman–Crippen MR) is 109 cm³/mol. The molecule has 0 spiro atoms. The van der Waals surface area contributed by atoms with Crippen LogP contribution in [0.5, 0.6) is 5.75 Å². The number of rotatable bonds is 6. The zero-order chi connectivity index (χ0) is 18.5. The molecule has 0 N–H and O–H groups in total. The maximum Gasteiger partial charge on any atom is 0.230 e. The summed E-state index contributed by atoms with van der Waals surface area (Å²) in [5.74, 6) is 1.24. The fourth-order valence-corrected chi connectivity index (χ4v) is 4.28. The lowest BCUT2D eigenvalue weighted by Gasteiger charge is -2.20. The number of carbonyl (C=O) groups excluding carboxylic acids is 1. The van der Waals surface area contributed by atoms with Gasteiger partial charge < -0.3 is 4.74 Å². The summed E-state index contributed by atoms with van der Waals surface area (Å²) in [5.41, 5.74) is 1.61. The quantitative estimate of drug-likeness (QED) is 0.488. The summed E-state index contributed by atoms with van der Waals surface area (Å²) in [6, 6.07) is 15.1. The first-order chi connectivity index (χ1) is 12.6. The van der Waals surface area contributed by atoms with E-state index < -0.39 is 0 Å². The van der Waals surface area contributed by atoms with Crippen molar-refractivity contribution < 1.29 is 9.53 Å². The van der Waals surface area contributed by atoms with E-state index in [9.17, 15) is 4.79 Å². The Labute approximate surface area is 165 Å². The van der Waals surface area contributed by atoms with Crippen molar-refractivity contribution in [1.82, 2.24) is 4.98 Å². The number of amides is 1. The molecule has 26 heavy (non-hydrogen) atoms. The van der Waals surface area contributed by atoms with Crippen LogP contribution in [0.25, 0.3) is 0 Å². The van der Waals surface area contributed by atoms with Crippen molar-refractivity contribution in [3.63, 3.8) is 0 Å². The summed E-state index contributed by atoms with van der Waals surface area (Å²) in [6.45, 7) is 1.52. The monoisotopic (exact) mass is 404 g/mol. The zero-order valence-electron chi connectivity index (χ0n) is 14.3. The van der Waals surface area contributed by atoms with Gasteiger partial charge in [-0.2, -0.15) is 0 Å². The van der Waals surface area contributed by atoms with E-state index in [4.69, 9.17) is 16.3 Å². The van der Waals surface area contributed by atoms with Crippen molar-refractivity contribution in [2.75, 3.05) is 12.0 Å². The van der Waals surface area contributed by atoms with Gasteiger partial charge in [0.2, 0.25) is 5.91 Å². The van der Waals surface area contributed by atoms with Crippen molar-refractivity contribution >= 4 is 51.4 Å². The molecule has 1 amide bonds. The molecule has 0 atom stereocenters. The third-order valence-electron chi connectivity index (χ3n) is 3.57. The van der Waals surface area contributed by atoms with Crippen molar-refractivity contribution in [2.24, 2.45) is 0 Å². The van der Waals surface area contributed by atoms with E-state index in [0.717, 1.165) is 21.4 Å². The van der Waals surface area contributed by atoms with Gasteiger partial charge in [0.25, 0.3) is 0 Å². The number of benzene rings is 2. The fourth-order valence-electron chi connectivity index (χ4n) is 2.38. The largest absolute Gasteiger partial charge is 0.495 e. The van der Waals surface area contributed by atoms with Gasteiger partial charge in [-0.1, -0.05) is 23.7 Å². The second-order valence-corrected chi connectivity index (χ2v) is 7.71. The Morgan fingerprint density at radius 3 is 2.65 bits per heavy atom. The van der Waals surface area contributed by atoms with E-state index in [0.29, 0.717) is 16.6 Å². The van der Waals surface area contributed by atoms with Gasteiger partial charge in [-0.15, -0.1) is 23.1 Å². The summed E-state index contributed by atoms with van der Waals surface area (Å²) in [6.07, 6.45) is 0. The molecule has 1 aromatic heterocycles. The molecule has 134 valence electrons. The minimum absolute atomic E-state index is 0.110. The molecule has 7 heteroatoms. The van der Waals surface area contributed by atoms with Gasteiger partial charge in [-0.25, -0.2) is 4.98 Å². The number of hydrogen-bond acceptors (Lipinski definition) is 5. The van der Waals surface area contributed by atoms with E-state index in [1.807, 2.05) is 53.9 Å². The molecule has 3 aromatic rings. The number of thioether (sulfide) groups is 1. The lowest BCUT2D eigenvalue weighted by atomic mass is 10.2. The minimum atomic E-state index is -0.110. The Balaban J connectivity index is 1.79. The standard InChI is InChI=1S/C19H17ClN2O2S2/c1-13(23)22(17-5-3-4-6-18(17)24-2)19-21-15(12-26-19)11-25-16-9-7-14(20)8-10-16/h3-10,12H,11H2,1-2H3. The maximum absolute atomic E-state index is 12.3. The van der Waals surface area contributed by atoms with Crippen molar-refractivity contribution in [2.45, 2.75) is 17.6 Å². The highest BCUT2D eigenvalue weighted by molar-refractivity contribution is 7.98. The van der Waals surface area contributed by atoms with E-state index in [-0.39, 0.29) is 5.91 Å². The number of carbonyl (C=O) groups is 1. The fraction of sp³-hybridized carbons (Fsp3) is 0.158. The summed E-state index contributed by atoms with van der Waals surface area (Å²) in [5, 5.41) is 3.33. The number of aromatic nitrogens is 1. The second kappa shape index (κ2) is 8.58. The number of halogens is 1. The summed E-state index contributed by atoms with van der Waals surface area (Å²) in [7, 11) is 1.59. The molecule has 0 aliphatic carbocycles. The van der Waals surface area contributed by atoms with Crippen LogP contribution in [0.3, 0.4) is 0 Å². The lowest BCUT2D eigenvalue weighted by molar-refractivity contribution is -0.115. The van der Waals surface area contributed by atoms with E-state index in [2.05, 4.69) is 4.98 Å². The molecule has 2 aromatic carbocycles. The van der Waals surface area contributed by atoms with Crippen molar-refractivity contribution in [3.05, 3.63) is 64.6 Å². The van der Waals surface area contributed by atoms with Gasteiger partial charge >= 0.3 is 0 Å². The predicted octanol–water partition coefficient (Wildman–Crippen LogP) is 5.78. The van der Waals surface area contributed by atoms with Crippen molar-refractivity contribution in [3.8, 4) is 5.75 Å². The van der Waals surface area contributed by atoms with Gasteiger partial charge in [0.15, 0.2) is 5.13 Å². The SMILES string of the molecule is COc1ccccc1N(C(C)=O)c1nc(CSc2ccc(Cl)cc2)cs1. The Morgan fingerprint density at radius 1 is 1.23 bits per heavy atom. The van der Waals surface area contributed by atoms with Crippen LogP contribution in [0, 0.1) is 0 Å². The van der Waals surface area contributed by atoms with E-state index in [1.165, 1.54) is 18.3 Å². The number of methoxy groups -OCH3 is 1. The summed E-state index contributed by atoms with van der Waals surface area (Å²) >= 11 is 9.03. The summed E-state index contributed by atoms with van der Waals surface area (Å²) in [4.78, 5) is 19.6. The Bertz CT molecular complexity index is 897. The average molecular weight is 405 g/mol. The molecule has 4 nitrogen and oxygen atoms in total. The normalized spacial score (nSPS) is 10.6. The number of para-hydroxylation sites is 2. The molecule has 0 radical (unpaired) electrons. The lowest BCUT2D eigenvalue weighted by Crippen LogP contribution is -2.23. The highest BCUT2D eigenvalue weighted by Gasteiger charge is 2.21. The van der Waals surface area contributed by atoms with Gasteiger partial charge in [-0.3, -0.25) is 9.69 Å². The first-order valence-electron chi connectivity index (χ1n) is 7.85. The van der Waals surface area contributed by atoms with Crippen LogP contribution in [0.15, 0.2) is 58.8 Å². The Hall–Kier alpha value is -2.02. The van der Waals surface area contributed by atoms with Crippen LogP contribution in [0.4, 0.5) is 10.8 Å². The molecular formula is C19H17ClN2O2S2. The number of hydrogen-bond donors (Lipinski definition) is 0. The topological polar surface area (TPSA) is 42.4 Å². The molecule has 0 aliphatic rings. The molecule has 0 aliphatic heterocycles. The Morgan fingerprint density at radius 2 is 1.96 bits per heavy atom. The molecule has 0 bridgehead atoms. The van der Waals surface area contributed by atoms with E-state index in [1.54, 1.807) is 23.8 Å². The van der Waals surface area contributed by atoms with Gasteiger partial charge in [0.1, 0.15) is 5.75 Å². The number of ether oxygens (including phenoxy) is 1. The number of nitrogens with zero attached hydrogens (tertiary/aromatic N) is 2. The van der Waals surface area contributed by atoms with Gasteiger partial charge in [0, 0.05) is 28.0 Å². The van der Waals surface area contributed by atoms with Crippen LogP contribution < -0.4 is 9.64 Å². The van der Waals surface area contributed by atoms with Crippen molar-refractivity contribution in [1.29, 1.82) is 0 Å². The second-order valence-electron chi connectivity index (χ2n) is 5.39. The maximum atomic E-state index is 12.3. The van der Waals surface area contributed by atoms with Crippen LogP contribution in [-0.2, 0) is 10.5 Å². The Kier molecular flexibility index (Phi) is 6.19. The molecule has 0 fully saturated rings. The third-order valence-corrected chi connectivity index (χ3v) is 5.74. The molecule has 1 heterocycles. The van der Waals surface area contributed by atoms with Crippen LogP contribution in [-0.4, -0.2) is 18.0 Å². The average Bonchev–Trinajstić information content (AvgIpc) is 3.10. The van der Waals surface area contributed by atoms with Crippen LogP contribution in [0.2, 0.25) is 5.02 Å². The molecule has 0 saturated carbocycles. The number of thiazole rings is 1. The molecule has 0 saturated heterocycles. The van der Waals surface area contributed by atoms with E-state index >= 15 is 0 Å². The minimum Gasteiger partial charge on any atom is -0.495 e. The number of anilines is 2. The van der Waals surface area contributed by atoms with Crippen LogP contribution >= 0.6 is 34.7 Å². The third kappa shape index (κ3) is 4.38. The smallest absolute Gasteiger partial charge is 0.230 e. The highest BCUT2D eigenvalue weighted by atomic mass is 35.5. The first kappa shape index (κ1) is 18.8. The van der Waals surface area contributed by atoms with Gasteiger partial charge in [-0.05, 0) is 36.4 Å². The summed E-state index contributed by atoms with van der Waals surface area (Å²) < 4.78 is 5.39. The molecule has 3 rings (SSSR count). The molecule has 0 unspecified atom stereocenters. The van der Waals surface area contributed by atoms with Crippen LogP contribution in [0.1, 0.15) is 12.6 Å². The zero-order valence-corrected chi connectivity index (χ0v) is 16.7. The van der Waals surface area contributed by atoms with Gasteiger partial charge in [0.05, 0.1) is 18.5 Å². The highest BCUT2D eigenvalue weighted by Crippen LogP contribution is 2.36. The first-order valence-corrected chi connectivity index (χ1v) is 10.1. The molecular weight excluding hydrogens is 388 g/mol.